The van der Waals surface area contributed by atoms with Crippen molar-refractivity contribution in [2.24, 2.45) is 7.05 Å². The molecule has 0 saturated carbocycles. The lowest BCUT2D eigenvalue weighted by Crippen LogP contribution is -2.37. The molecule has 1 atom stereocenters. The summed E-state index contributed by atoms with van der Waals surface area (Å²) >= 11 is 0. The van der Waals surface area contributed by atoms with Crippen LogP contribution in [0, 0.1) is 0 Å². The SMILES string of the molecule is Cn1c2c(c(=O)[nH]c1=O)C(c1ccccc1)C1=C(COC1=O)N2. The summed E-state index contributed by atoms with van der Waals surface area (Å²) in [6.45, 7) is 0.109. The summed E-state index contributed by atoms with van der Waals surface area (Å²) in [5.41, 5.74) is 1.14. The van der Waals surface area contributed by atoms with E-state index in [1.807, 2.05) is 30.3 Å². The summed E-state index contributed by atoms with van der Waals surface area (Å²) in [4.78, 5) is 38.8. The van der Waals surface area contributed by atoms with Crippen LogP contribution in [0.4, 0.5) is 5.82 Å². The van der Waals surface area contributed by atoms with Crippen molar-refractivity contribution in [3.8, 4) is 0 Å². The third-order valence-electron chi connectivity index (χ3n) is 4.23. The van der Waals surface area contributed by atoms with Gasteiger partial charge in [0.2, 0.25) is 0 Å². The van der Waals surface area contributed by atoms with Crippen molar-refractivity contribution in [1.82, 2.24) is 9.55 Å². The summed E-state index contributed by atoms with van der Waals surface area (Å²) in [6.07, 6.45) is 0. The number of cyclic esters (lactones) is 1. The van der Waals surface area contributed by atoms with E-state index < -0.39 is 23.1 Å². The number of esters is 1. The summed E-state index contributed by atoms with van der Waals surface area (Å²) in [7, 11) is 1.56. The first-order valence-electron chi connectivity index (χ1n) is 7.13. The Kier molecular flexibility index (Phi) is 2.77. The molecule has 2 aromatic rings. The molecule has 116 valence electrons. The summed E-state index contributed by atoms with van der Waals surface area (Å²) in [5, 5.41) is 3.02. The van der Waals surface area contributed by atoms with Gasteiger partial charge in [-0.1, -0.05) is 30.3 Å². The average Bonchev–Trinajstić information content (AvgIpc) is 2.93. The Hall–Kier alpha value is -3.09. The molecular weight excluding hydrogens is 298 g/mol. The van der Waals surface area contributed by atoms with Crippen molar-refractivity contribution >= 4 is 11.8 Å². The first-order chi connectivity index (χ1) is 11.1. The zero-order valence-electron chi connectivity index (χ0n) is 12.3. The molecule has 0 aliphatic carbocycles. The Morgan fingerprint density at radius 3 is 2.65 bits per heavy atom. The minimum atomic E-state index is -0.562. The smallest absolute Gasteiger partial charge is 0.337 e. The molecule has 0 spiro atoms. The molecule has 7 nitrogen and oxygen atoms in total. The van der Waals surface area contributed by atoms with Crippen LogP contribution in [-0.4, -0.2) is 22.1 Å². The average molecular weight is 311 g/mol. The van der Waals surface area contributed by atoms with E-state index in [0.717, 1.165) is 5.56 Å². The Labute approximate surface area is 130 Å². The molecule has 0 fully saturated rings. The lowest BCUT2D eigenvalue weighted by Gasteiger charge is -2.27. The molecular formula is C16H13N3O4. The molecule has 4 rings (SSSR count). The molecule has 0 amide bonds. The number of fused-ring (bicyclic) bond motifs is 1. The Balaban J connectivity index is 2.07. The second kappa shape index (κ2) is 4.70. The highest BCUT2D eigenvalue weighted by Crippen LogP contribution is 2.41. The number of nitrogens with one attached hydrogen (secondary N) is 2. The first-order valence-corrected chi connectivity index (χ1v) is 7.13. The number of aromatic nitrogens is 2. The maximum Gasteiger partial charge on any atom is 0.337 e. The van der Waals surface area contributed by atoms with Gasteiger partial charge in [-0.2, -0.15) is 0 Å². The van der Waals surface area contributed by atoms with E-state index in [1.54, 1.807) is 7.05 Å². The normalized spacial score (nSPS) is 19.0. The fourth-order valence-electron chi connectivity index (χ4n) is 3.14. The molecule has 2 aliphatic heterocycles. The second-order valence-corrected chi connectivity index (χ2v) is 5.52. The molecule has 0 saturated heterocycles. The number of nitrogens with zero attached hydrogens (tertiary/aromatic N) is 1. The molecule has 2 aliphatic rings. The van der Waals surface area contributed by atoms with Crippen LogP contribution in [0.1, 0.15) is 17.0 Å². The van der Waals surface area contributed by atoms with Crippen LogP contribution in [0.25, 0.3) is 0 Å². The number of benzene rings is 1. The van der Waals surface area contributed by atoms with Crippen LogP contribution in [0.2, 0.25) is 0 Å². The number of anilines is 1. The highest BCUT2D eigenvalue weighted by Gasteiger charge is 2.40. The van der Waals surface area contributed by atoms with Gasteiger partial charge in [0.15, 0.2) is 0 Å². The minimum absolute atomic E-state index is 0.109. The third-order valence-corrected chi connectivity index (χ3v) is 4.23. The Morgan fingerprint density at radius 2 is 1.91 bits per heavy atom. The number of hydrogen-bond donors (Lipinski definition) is 2. The van der Waals surface area contributed by atoms with Gasteiger partial charge in [0, 0.05) is 7.05 Å². The highest BCUT2D eigenvalue weighted by atomic mass is 16.5. The fourth-order valence-corrected chi connectivity index (χ4v) is 3.14. The minimum Gasteiger partial charge on any atom is -0.456 e. The summed E-state index contributed by atoms with van der Waals surface area (Å²) in [5.74, 6) is -0.613. The van der Waals surface area contributed by atoms with Crippen LogP contribution < -0.4 is 16.6 Å². The largest absolute Gasteiger partial charge is 0.456 e. The van der Waals surface area contributed by atoms with Gasteiger partial charge in [-0.25, -0.2) is 9.59 Å². The van der Waals surface area contributed by atoms with Crippen LogP contribution >= 0.6 is 0 Å². The van der Waals surface area contributed by atoms with Gasteiger partial charge in [0.05, 0.1) is 22.8 Å². The lowest BCUT2D eigenvalue weighted by atomic mass is 9.83. The maximum absolute atomic E-state index is 12.4. The summed E-state index contributed by atoms with van der Waals surface area (Å²) in [6, 6.07) is 9.24. The number of carbonyl (C=O) groups is 1. The number of rotatable bonds is 1. The second-order valence-electron chi connectivity index (χ2n) is 5.52. The van der Waals surface area contributed by atoms with Crippen molar-refractivity contribution in [3.05, 3.63) is 73.6 Å². The topological polar surface area (TPSA) is 93.2 Å². The first kappa shape index (κ1) is 13.6. The number of carbonyl (C=O) groups excluding carboxylic acids is 1. The van der Waals surface area contributed by atoms with Crippen LogP contribution in [0.5, 0.6) is 0 Å². The van der Waals surface area contributed by atoms with Gasteiger partial charge in [-0.15, -0.1) is 0 Å². The lowest BCUT2D eigenvalue weighted by molar-refractivity contribution is -0.136. The molecule has 7 heteroatoms. The summed E-state index contributed by atoms with van der Waals surface area (Å²) < 4.78 is 6.45. The van der Waals surface area contributed by atoms with Gasteiger partial charge in [0.1, 0.15) is 12.4 Å². The van der Waals surface area contributed by atoms with E-state index >= 15 is 0 Å². The quantitative estimate of drug-likeness (QED) is 0.746. The van der Waals surface area contributed by atoms with Crippen molar-refractivity contribution in [1.29, 1.82) is 0 Å². The Bertz CT molecular complexity index is 969. The monoisotopic (exact) mass is 311 g/mol. The van der Waals surface area contributed by atoms with E-state index in [1.165, 1.54) is 4.57 Å². The molecule has 0 bridgehead atoms. The highest BCUT2D eigenvalue weighted by molar-refractivity contribution is 5.96. The van der Waals surface area contributed by atoms with Crippen molar-refractivity contribution < 1.29 is 9.53 Å². The predicted molar refractivity (Wildman–Crippen MR) is 82.2 cm³/mol. The van der Waals surface area contributed by atoms with Gasteiger partial charge < -0.3 is 10.1 Å². The number of aromatic amines is 1. The van der Waals surface area contributed by atoms with Crippen LogP contribution in [0.3, 0.4) is 0 Å². The van der Waals surface area contributed by atoms with Gasteiger partial charge in [0.25, 0.3) is 5.56 Å². The molecule has 0 radical (unpaired) electrons. The zero-order valence-corrected chi connectivity index (χ0v) is 12.3. The van der Waals surface area contributed by atoms with E-state index in [9.17, 15) is 14.4 Å². The number of hydrogen-bond acceptors (Lipinski definition) is 5. The van der Waals surface area contributed by atoms with Gasteiger partial charge in [-0.05, 0) is 5.56 Å². The van der Waals surface area contributed by atoms with E-state index in [-0.39, 0.29) is 6.61 Å². The van der Waals surface area contributed by atoms with Gasteiger partial charge >= 0.3 is 11.7 Å². The zero-order chi connectivity index (χ0) is 16.1. The van der Waals surface area contributed by atoms with Gasteiger partial charge in [-0.3, -0.25) is 14.3 Å². The van der Waals surface area contributed by atoms with E-state index in [0.29, 0.717) is 22.7 Å². The van der Waals surface area contributed by atoms with Crippen molar-refractivity contribution in [3.63, 3.8) is 0 Å². The van der Waals surface area contributed by atoms with E-state index in [2.05, 4.69) is 10.3 Å². The molecule has 1 aromatic heterocycles. The van der Waals surface area contributed by atoms with Crippen molar-refractivity contribution in [2.45, 2.75) is 5.92 Å². The fraction of sp³-hybridized carbons (Fsp3) is 0.188. The maximum atomic E-state index is 12.4. The third kappa shape index (κ3) is 1.86. The molecule has 3 heterocycles. The van der Waals surface area contributed by atoms with E-state index in [4.69, 9.17) is 4.74 Å². The van der Waals surface area contributed by atoms with Crippen LogP contribution in [0.15, 0.2) is 51.2 Å². The molecule has 2 N–H and O–H groups in total. The molecule has 1 aromatic carbocycles. The Morgan fingerprint density at radius 1 is 1.17 bits per heavy atom. The van der Waals surface area contributed by atoms with Crippen LogP contribution in [-0.2, 0) is 16.6 Å². The molecule has 1 unspecified atom stereocenters. The van der Waals surface area contributed by atoms with Crippen molar-refractivity contribution in [2.75, 3.05) is 11.9 Å². The number of H-pyrrole nitrogens is 1. The molecule has 23 heavy (non-hydrogen) atoms. The standard InChI is InChI=1S/C16H13N3O4/c1-19-13-12(14(20)18-16(19)22)10(8-5-3-2-4-6-8)11-9(17-13)7-23-15(11)21/h2-6,10,17H,7H2,1H3,(H,18,20,22). The number of ether oxygens (including phenoxy) is 1. The predicted octanol–water partition coefficient (Wildman–Crippen LogP) is 0.442.